The van der Waals surface area contributed by atoms with Crippen LogP contribution in [0.4, 0.5) is 5.69 Å². The summed E-state index contributed by atoms with van der Waals surface area (Å²) in [5.74, 6) is -0.520. The van der Waals surface area contributed by atoms with Gasteiger partial charge >= 0.3 is 5.97 Å². The van der Waals surface area contributed by atoms with Crippen LogP contribution in [0.1, 0.15) is 5.69 Å². The minimum atomic E-state index is -0.535. The molecular weight excluding hydrogens is 328 g/mol. The number of ether oxygens (including phenoxy) is 1. The standard InChI is InChI=1S/C16H12N4O5/c1-25-14(21)9-13-15-12(3-2-8-17-15)16(22)19(18-13)10-4-6-11(7-5-10)20(23)24/h2-8H,9H2,1H3. The number of methoxy groups -OCH3 is 1. The van der Waals surface area contributed by atoms with E-state index in [2.05, 4.69) is 14.8 Å². The number of pyridine rings is 1. The van der Waals surface area contributed by atoms with Crippen molar-refractivity contribution < 1.29 is 14.5 Å². The molecule has 0 unspecified atom stereocenters. The quantitative estimate of drug-likeness (QED) is 0.400. The van der Waals surface area contributed by atoms with Gasteiger partial charge in [0, 0.05) is 18.3 Å². The van der Waals surface area contributed by atoms with Gasteiger partial charge in [0.2, 0.25) is 0 Å². The lowest BCUT2D eigenvalue weighted by Crippen LogP contribution is -2.24. The van der Waals surface area contributed by atoms with Crippen molar-refractivity contribution in [3.8, 4) is 5.69 Å². The second-order valence-corrected chi connectivity index (χ2v) is 5.09. The summed E-state index contributed by atoms with van der Waals surface area (Å²) < 4.78 is 5.74. The number of carbonyl (C=O) groups excluding carboxylic acids is 1. The molecule has 1 aromatic carbocycles. The maximum Gasteiger partial charge on any atom is 0.311 e. The number of hydrogen-bond acceptors (Lipinski definition) is 7. The Morgan fingerprint density at radius 3 is 2.64 bits per heavy atom. The maximum absolute atomic E-state index is 12.7. The summed E-state index contributed by atoms with van der Waals surface area (Å²) in [6, 6.07) is 8.56. The predicted octanol–water partition coefficient (Wildman–Crippen LogP) is 1.40. The molecule has 0 aliphatic carbocycles. The topological polar surface area (TPSA) is 117 Å². The van der Waals surface area contributed by atoms with Crippen LogP contribution in [0.2, 0.25) is 0 Å². The highest BCUT2D eigenvalue weighted by Gasteiger charge is 2.16. The molecule has 0 N–H and O–H groups in total. The largest absolute Gasteiger partial charge is 0.469 e. The van der Waals surface area contributed by atoms with Gasteiger partial charge in [-0.05, 0) is 24.3 Å². The summed E-state index contributed by atoms with van der Waals surface area (Å²) in [6.07, 6.45) is 1.34. The molecule has 9 nitrogen and oxygen atoms in total. The Kier molecular flexibility index (Phi) is 4.21. The van der Waals surface area contributed by atoms with Crippen LogP contribution < -0.4 is 5.56 Å². The molecule has 126 valence electrons. The van der Waals surface area contributed by atoms with Gasteiger partial charge in [-0.1, -0.05) is 0 Å². The van der Waals surface area contributed by atoms with Crippen molar-refractivity contribution >= 4 is 22.6 Å². The van der Waals surface area contributed by atoms with Crippen molar-refractivity contribution in [2.45, 2.75) is 6.42 Å². The highest BCUT2D eigenvalue weighted by atomic mass is 16.6. The zero-order valence-corrected chi connectivity index (χ0v) is 13.1. The number of hydrogen-bond donors (Lipinski definition) is 0. The molecule has 0 aliphatic rings. The van der Waals surface area contributed by atoms with Gasteiger partial charge in [0.25, 0.3) is 11.2 Å². The zero-order chi connectivity index (χ0) is 18.0. The van der Waals surface area contributed by atoms with E-state index in [1.807, 2.05) is 0 Å². The number of nitro benzene ring substituents is 1. The fourth-order valence-electron chi connectivity index (χ4n) is 2.35. The number of carbonyl (C=O) groups is 1. The van der Waals surface area contributed by atoms with E-state index >= 15 is 0 Å². The SMILES string of the molecule is COC(=O)Cc1nn(-c2ccc([N+](=O)[O-])cc2)c(=O)c2cccnc12. The molecule has 0 fully saturated rings. The van der Waals surface area contributed by atoms with Gasteiger partial charge in [0.15, 0.2) is 0 Å². The first kappa shape index (κ1) is 16.2. The number of fused-ring (bicyclic) bond motifs is 1. The van der Waals surface area contributed by atoms with Gasteiger partial charge < -0.3 is 4.74 Å². The first-order valence-electron chi connectivity index (χ1n) is 7.20. The van der Waals surface area contributed by atoms with Crippen LogP contribution in [-0.4, -0.2) is 32.8 Å². The lowest BCUT2D eigenvalue weighted by atomic mass is 10.2. The Morgan fingerprint density at radius 2 is 2.00 bits per heavy atom. The third-order valence-corrected chi connectivity index (χ3v) is 3.57. The Labute approximate surface area is 140 Å². The number of nitro groups is 1. The van der Waals surface area contributed by atoms with Crippen LogP contribution in [-0.2, 0) is 16.0 Å². The predicted molar refractivity (Wildman–Crippen MR) is 87.5 cm³/mol. The summed E-state index contributed by atoms with van der Waals surface area (Å²) in [7, 11) is 1.25. The monoisotopic (exact) mass is 340 g/mol. The molecule has 3 rings (SSSR count). The Morgan fingerprint density at radius 1 is 1.28 bits per heavy atom. The molecule has 2 heterocycles. The Hall–Kier alpha value is -3.62. The Bertz CT molecular complexity index is 1030. The van der Waals surface area contributed by atoms with Crippen molar-refractivity contribution in [3.63, 3.8) is 0 Å². The van der Waals surface area contributed by atoms with Crippen LogP contribution in [0.15, 0.2) is 47.4 Å². The van der Waals surface area contributed by atoms with Gasteiger partial charge in [0.05, 0.1) is 40.7 Å². The molecule has 0 amide bonds. The molecule has 0 atom stereocenters. The van der Waals surface area contributed by atoms with Crippen LogP contribution in [0, 0.1) is 10.1 Å². The molecule has 0 saturated carbocycles. The third-order valence-electron chi connectivity index (χ3n) is 3.57. The average molecular weight is 340 g/mol. The third kappa shape index (κ3) is 3.07. The van der Waals surface area contributed by atoms with Gasteiger partial charge in [-0.3, -0.25) is 24.7 Å². The van der Waals surface area contributed by atoms with Crippen molar-refractivity contribution in [1.82, 2.24) is 14.8 Å². The molecule has 0 bridgehead atoms. The minimum Gasteiger partial charge on any atom is -0.469 e. The fourth-order valence-corrected chi connectivity index (χ4v) is 2.35. The van der Waals surface area contributed by atoms with E-state index in [9.17, 15) is 19.7 Å². The van der Waals surface area contributed by atoms with Crippen LogP contribution in [0.5, 0.6) is 0 Å². The molecule has 0 saturated heterocycles. The van der Waals surface area contributed by atoms with Gasteiger partial charge in [-0.15, -0.1) is 0 Å². The number of benzene rings is 1. The van der Waals surface area contributed by atoms with Gasteiger partial charge in [-0.25, -0.2) is 0 Å². The van der Waals surface area contributed by atoms with E-state index in [1.165, 1.54) is 37.6 Å². The van der Waals surface area contributed by atoms with E-state index in [-0.39, 0.29) is 23.2 Å². The van der Waals surface area contributed by atoms with Crippen LogP contribution >= 0.6 is 0 Å². The van der Waals surface area contributed by atoms with Crippen molar-refractivity contribution in [2.75, 3.05) is 7.11 Å². The highest BCUT2D eigenvalue weighted by Crippen LogP contribution is 2.16. The normalized spacial score (nSPS) is 10.6. The number of aromatic nitrogens is 3. The second-order valence-electron chi connectivity index (χ2n) is 5.09. The lowest BCUT2D eigenvalue weighted by molar-refractivity contribution is -0.384. The highest BCUT2D eigenvalue weighted by molar-refractivity contribution is 5.83. The molecule has 25 heavy (non-hydrogen) atoms. The smallest absolute Gasteiger partial charge is 0.311 e. The second kappa shape index (κ2) is 6.48. The summed E-state index contributed by atoms with van der Waals surface area (Å²) in [6.45, 7) is 0. The molecule has 0 spiro atoms. The minimum absolute atomic E-state index is 0.103. The number of rotatable bonds is 4. The van der Waals surface area contributed by atoms with Crippen LogP contribution in [0.3, 0.4) is 0 Å². The summed E-state index contributed by atoms with van der Waals surface area (Å²) >= 11 is 0. The number of nitrogens with zero attached hydrogens (tertiary/aromatic N) is 4. The first-order chi connectivity index (χ1) is 12.0. The molecular formula is C16H12N4O5. The number of esters is 1. The lowest BCUT2D eigenvalue weighted by Gasteiger charge is -2.09. The molecule has 3 aromatic rings. The molecule has 0 radical (unpaired) electrons. The maximum atomic E-state index is 12.7. The van der Waals surface area contributed by atoms with E-state index in [0.29, 0.717) is 11.2 Å². The summed E-state index contributed by atoms with van der Waals surface area (Å²) in [4.78, 5) is 38.6. The van der Waals surface area contributed by atoms with E-state index in [1.54, 1.807) is 12.1 Å². The molecule has 0 aliphatic heterocycles. The van der Waals surface area contributed by atoms with Crippen LogP contribution in [0.25, 0.3) is 16.6 Å². The Balaban J connectivity index is 2.21. The molecule has 9 heteroatoms. The van der Waals surface area contributed by atoms with Crippen molar-refractivity contribution in [3.05, 3.63) is 68.8 Å². The fraction of sp³-hybridized carbons (Fsp3) is 0.125. The van der Waals surface area contributed by atoms with Gasteiger partial charge in [-0.2, -0.15) is 9.78 Å². The van der Waals surface area contributed by atoms with Crippen molar-refractivity contribution in [2.24, 2.45) is 0 Å². The summed E-state index contributed by atoms with van der Waals surface area (Å²) in [5.41, 5.74) is 0.392. The van der Waals surface area contributed by atoms with E-state index in [0.717, 1.165) is 4.68 Å². The molecule has 2 aromatic heterocycles. The van der Waals surface area contributed by atoms with Crippen molar-refractivity contribution in [1.29, 1.82) is 0 Å². The van der Waals surface area contributed by atoms with Gasteiger partial charge in [0.1, 0.15) is 0 Å². The average Bonchev–Trinajstić information content (AvgIpc) is 2.64. The number of non-ortho nitro benzene ring substituents is 1. The van der Waals surface area contributed by atoms with E-state index < -0.39 is 16.5 Å². The zero-order valence-electron chi connectivity index (χ0n) is 13.1. The summed E-state index contributed by atoms with van der Waals surface area (Å²) in [5, 5.41) is 15.3. The first-order valence-corrected chi connectivity index (χ1v) is 7.20. The van der Waals surface area contributed by atoms with E-state index in [4.69, 9.17) is 0 Å².